The average Bonchev–Trinajstić information content (AvgIpc) is 3.84. The van der Waals surface area contributed by atoms with Crippen molar-refractivity contribution in [2.75, 3.05) is 21.3 Å². The maximum atomic E-state index is 15.2. The molecule has 60 heavy (non-hydrogen) atoms. The van der Waals surface area contributed by atoms with Crippen LogP contribution in [0, 0.1) is 5.92 Å². The number of carbonyl (C=O) groups is 5. The molecule has 4 aliphatic heterocycles. The number of aliphatic hydroxyl groups is 1. The predicted octanol–water partition coefficient (Wildman–Crippen LogP) is 4.09. The van der Waals surface area contributed by atoms with Crippen LogP contribution >= 0.6 is 0 Å². The molecule has 3 unspecified atom stereocenters. The van der Waals surface area contributed by atoms with Crippen LogP contribution in [0.3, 0.4) is 0 Å². The molecule has 17 heteroatoms. The number of hydrogen-bond acceptors (Lipinski definition) is 12. The standard InChI is InChI=1S/C43H48N6O10Si/c1-25-41(60(4,5)56)36(17-18-46-23-34(44-45-46)32(24-50)29-9-7-6-8-10-29)59-43(25)33-19-31(49-38(54)21-40(49)58-27(3)52)15-16-35(33)47(42(43)55)22-28-11-13-30(14-12-28)48-37(53)20-39(48)57-26(2)51/h6-16,19,23,25,32,36,39-41,50,56H,17-18,20-22,24H2,1-5H3/t25-,32?,36+,39?,40?,41-,43+/m1/s1. The van der Waals surface area contributed by atoms with E-state index >= 15 is 4.79 Å². The molecule has 5 heterocycles. The molecule has 0 aliphatic carbocycles. The summed E-state index contributed by atoms with van der Waals surface area (Å²) in [5.41, 5.74) is 2.41. The maximum absolute atomic E-state index is 15.2. The Labute approximate surface area is 347 Å². The number of carbonyl (C=O) groups excluding carboxylic acids is 5. The molecule has 16 nitrogen and oxygen atoms in total. The van der Waals surface area contributed by atoms with Crippen LogP contribution in [0.15, 0.2) is 79.0 Å². The summed E-state index contributed by atoms with van der Waals surface area (Å²) in [7, 11) is -3.06. The molecular weight excluding hydrogens is 789 g/mol. The number of ether oxygens (including phenoxy) is 3. The van der Waals surface area contributed by atoms with E-state index < -0.39 is 55.9 Å². The molecule has 0 bridgehead atoms. The van der Waals surface area contributed by atoms with Gasteiger partial charge in [-0.3, -0.25) is 38.5 Å². The number of nitrogens with zero attached hydrogens (tertiary/aromatic N) is 6. The van der Waals surface area contributed by atoms with Crippen molar-refractivity contribution < 1.29 is 48.1 Å². The number of β-lactam (4-membered cyclic amide) rings is 2. The lowest BCUT2D eigenvalue weighted by Gasteiger charge is -2.39. The number of aromatic nitrogens is 3. The quantitative estimate of drug-likeness (QED) is 0.112. The third-order valence-electron chi connectivity index (χ3n) is 12.2. The third kappa shape index (κ3) is 7.18. The number of rotatable bonds is 13. The Morgan fingerprint density at radius 1 is 0.917 bits per heavy atom. The molecule has 1 aromatic heterocycles. The Morgan fingerprint density at radius 3 is 2.12 bits per heavy atom. The minimum absolute atomic E-state index is 0.0310. The van der Waals surface area contributed by atoms with Crippen LogP contribution < -0.4 is 14.7 Å². The molecule has 3 fully saturated rings. The first kappa shape index (κ1) is 41.0. The fourth-order valence-electron chi connectivity index (χ4n) is 9.45. The van der Waals surface area contributed by atoms with Crippen LogP contribution in [0.2, 0.25) is 18.6 Å². The molecular formula is C43H48N6O10Si. The summed E-state index contributed by atoms with van der Waals surface area (Å²) in [6, 6.07) is 21.9. The second-order valence-corrected chi connectivity index (χ2v) is 20.5. The summed E-state index contributed by atoms with van der Waals surface area (Å²) in [5.74, 6) is -2.63. The van der Waals surface area contributed by atoms with Gasteiger partial charge in [0.25, 0.3) is 5.91 Å². The van der Waals surface area contributed by atoms with Gasteiger partial charge in [0, 0.05) is 55.0 Å². The third-order valence-corrected chi connectivity index (χ3v) is 14.7. The second kappa shape index (κ2) is 15.7. The summed E-state index contributed by atoms with van der Waals surface area (Å²) in [5, 5.41) is 19.0. The van der Waals surface area contributed by atoms with Gasteiger partial charge in [0.2, 0.25) is 11.8 Å². The van der Waals surface area contributed by atoms with E-state index in [2.05, 4.69) is 10.3 Å². The van der Waals surface area contributed by atoms with Crippen molar-refractivity contribution in [3.8, 4) is 0 Å². The van der Waals surface area contributed by atoms with E-state index in [0.717, 1.165) is 11.1 Å². The smallest absolute Gasteiger partial charge is 0.304 e. The van der Waals surface area contributed by atoms with E-state index in [-0.39, 0.29) is 49.6 Å². The van der Waals surface area contributed by atoms with Crippen LogP contribution in [-0.4, -0.2) is 88.0 Å². The van der Waals surface area contributed by atoms with Crippen molar-refractivity contribution in [1.82, 2.24) is 15.0 Å². The normalized spacial score (nSPS) is 25.3. The number of esters is 2. The molecule has 3 aromatic carbocycles. The monoisotopic (exact) mass is 836 g/mol. The van der Waals surface area contributed by atoms with Crippen LogP contribution in [-0.2, 0) is 56.9 Å². The number of aryl methyl sites for hydroxylation is 1. The summed E-state index contributed by atoms with van der Waals surface area (Å²) in [6.07, 6.45) is 0.259. The first-order chi connectivity index (χ1) is 28.6. The average molecular weight is 837 g/mol. The Hall–Kier alpha value is -5.75. The van der Waals surface area contributed by atoms with Crippen molar-refractivity contribution in [3.05, 3.63) is 101 Å². The molecule has 7 atom stereocenters. The lowest BCUT2D eigenvalue weighted by atomic mass is 9.82. The lowest BCUT2D eigenvalue weighted by molar-refractivity contribution is -0.155. The number of amides is 3. The first-order valence-electron chi connectivity index (χ1n) is 20.1. The Kier molecular flexibility index (Phi) is 10.7. The van der Waals surface area contributed by atoms with Crippen molar-refractivity contribution in [2.45, 2.75) is 102 Å². The van der Waals surface area contributed by atoms with E-state index in [1.165, 1.54) is 23.6 Å². The van der Waals surface area contributed by atoms with Crippen molar-refractivity contribution >= 4 is 55.0 Å². The summed E-state index contributed by atoms with van der Waals surface area (Å²) in [6.45, 7) is 8.54. The van der Waals surface area contributed by atoms with E-state index in [0.29, 0.717) is 41.3 Å². The van der Waals surface area contributed by atoms with E-state index in [1.807, 2.05) is 50.3 Å². The largest absolute Gasteiger partial charge is 0.441 e. The maximum Gasteiger partial charge on any atom is 0.304 e. The van der Waals surface area contributed by atoms with Gasteiger partial charge in [-0.25, -0.2) is 0 Å². The van der Waals surface area contributed by atoms with Crippen LogP contribution in [0.1, 0.15) is 68.3 Å². The van der Waals surface area contributed by atoms with Gasteiger partial charge in [0.15, 0.2) is 26.4 Å². The molecule has 314 valence electrons. The molecule has 8 rings (SSSR count). The number of anilines is 3. The summed E-state index contributed by atoms with van der Waals surface area (Å²) < 4.78 is 19.5. The van der Waals surface area contributed by atoms with Gasteiger partial charge in [-0.05, 0) is 61.0 Å². The Bertz CT molecular complexity index is 2330. The molecule has 4 aliphatic rings. The van der Waals surface area contributed by atoms with Gasteiger partial charge in [0.1, 0.15) is 0 Å². The number of benzene rings is 3. The second-order valence-electron chi connectivity index (χ2n) is 16.5. The van der Waals surface area contributed by atoms with Gasteiger partial charge < -0.3 is 29.0 Å². The molecule has 0 radical (unpaired) electrons. The van der Waals surface area contributed by atoms with Crippen LogP contribution in [0.4, 0.5) is 17.1 Å². The lowest BCUT2D eigenvalue weighted by Crippen LogP contribution is -2.55. The van der Waals surface area contributed by atoms with E-state index in [1.54, 1.807) is 58.2 Å². The minimum Gasteiger partial charge on any atom is -0.441 e. The van der Waals surface area contributed by atoms with Crippen molar-refractivity contribution in [3.63, 3.8) is 0 Å². The SMILES string of the molecule is CC(=O)OC1CC(=O)N1c1ccc(CN2C(=O)[C@@]3(O[C@@H](CCn4cc(C(CO)c5ccccc5)nn4)[C@H]([Si](C)(C)O)[C@H]3C)c3cc(N4C(=O)CC4OC(C)=O)ccc32)cc1. The number of fused-ring (bicyclic) bond motifs is 2. The highest BCUT2D eigenvalue weighted by molar-refractivity contribution is 6.71. The van der Waals surface area contributed by atoms with Crippen LogP contribution in [0.5, 0.6) is 0 Å². The van der Waals surface area contributed by atoms with E-state index in [9.17, 15) is 29.1 Å². The molecule has 3 saturated heterocycles. The van der Waals surface area contributed by atoms with Crippen molar-refractivity contribution in [2.24, 2.45) is 5.92 Å². The highest BCUT2D eigenvalue weighted by Gasteiger charge is 2.66. The minimum atomic E-state index is -3.06. The van der Waals surface area contributed by atoms with E-state index in [4.69, 9.17) is 14.2 Å². The molecule has 2 N–H and O–H groups in total. The van der Waals surface area contributed by atoms with Gasteiger partial charge in [-0.1, -0.05) is 54.6 Å². The zero-order chi connectivity index (χ0) is 42.7. The van der Waals surface area contributed by atoms with Crippen LogP contribution in [0.25, 0.3) is 0 Å². The van der Waals surface area contributed by atoms with Gasteiger partial charge >= 0.3 is 11.9 Å². The fraction of sp³-hybridized carbons (Fsp3) is 0.419. The fourth-order valence-corrected chi connectivity index (χ4v) is 12.1. The Morgan fingerprint density at radius 2 is 1.53 bits per heavy atom. The first-order valence-corrected chi connectivity index (χ1v) is 23.1. The molecule has 3 amide bonds. The Balaban J connectivity index is 1.12. The number of aliphatic hydroxyl groups excluding tert-OH is 1. The number of hydrogen-bond donors (Lipinski definition) is 2. The molecule has 0 saturated carbocycles. The highest BCUT2D eigenvalue weighted by Crippen LogP contribution is 2.60. The van der Waals surface area contributed by atoms with Gasteiger partial charge in [-0.2, -0.15) is 0 Å². The summed E-state index contributed by atoms with van der Waals surface area (Å²) in [4.78, 5) is 80.6. The zero-order valence-corrected chi connectivity index (χ0v) is 35.1. The highest BCUT2D eigenvalue weighted by atomic mass is 28.4. The molecule has 4 aromatic rings. The zero-order valence-electron chi connectivity index (χ0n) is 34.1. The van der Waals surface area contributed by atoms with Gasteiger partial charge in [-0.15, -0.1) is 5.10 Å². The van der Waals surface area contributed by atoms with Gasteiger partial charge in [0.05, 0.1) is 49.4 Å². The topological polar surface area (TPSA) is 194 Å². The predicted molar refractivity (Wildman–Crippen MR) is 219 cm³/mol. The summed E-state index contributed by atoms with van der Waals surface area (Å²) >= 11 is 0. The molecule has 1 spiro atoms. The van der Waals surface area contributed by atoms with Crippen molar-refractivity contribution in [1.29, 1.82) is 0 Å².